The summed E-state index contributed by atoms with van der Waals surface area (Å²) in [4.78, 5) is 21.9. The number of halogens is 1. The molecule has 0 aliphatic rings. The van der Waals surface area contributed by atoms with Crippen LogP contribution in [0, 0.1) is 0 Å². The van der Waals surface area contributed by atoms with Crippen molar-refractivity contribution in [2.75, 3.05) is 6.61 Å². The maximum absolute atomic E-state index is 12.3. The highest BCUT2D eigenvalue weighted by atomic mass is 35.5. The van der Waals surface area contributed by atoms with Gasteiger partial charge in [0.1, 0.15) is 0 Å². The lowest BCUT2D eigenvalue weighted by Crippen LogP contribution is -2.29. The van der Waals surface area contributed by atoms with Gasteiger partial charge in [-0.2, -0.15) is 8.42 Å². The monoisotopic (exact) mass is 344 g/mol. The molecule has 0 fully saturated rings. The highest BCUT2D eigenvalue weighted by molar-refractivity contribution is 7.89. The van der Waals surface area contributed by atoms with E-state index in [0.717, 1.165) is 12.1 Å². The van der Waals surface area contributed by atoms with Gasteiger partial charge in [0, 0.05) is 17.2 Å². The van der Waals surface area contributed by atoms with Gasteiger partial charge < -0.3 is 9.84 Å². The molecular weight excluding hydrogens is 336 g/mol. The first-order valence-corrected chi connectivity index (χ1v) is 7.58. The summed E-state index contributed by atoms with van der Waals surface area (Å²) in [5, 5.41) is 12.4. The van der Waals surface area contributed by atoms with E-state index < -0.39 is 28.2 Å². The number of nitrogens with zero attached hydrogens (tertiary/aromatic N) is 2. The predicted molar refractivity (Wildman–Crippen MR) is 75.7 cm³/mol. The molecule has 116 valence electrons. The average molecular weight is 345 g/mol. The van der Waals surface area contributed by atoms with Crippen molar-refractivity contribution in [3.05, 3.63) is 51.8 Å². The van der Waals surface area contributed by atoms with Crippen LogP contribution in [0.25, 0.3) is 0 Å². The molecule has 8 nitrogen and oxygen atoms in total. The number of rotatable bonds is 5. The van der Waals surface area contributed by atoms with Crippen LogP contribution in [0.2, 0.25) is 5.02 Å². The van der Waals surface area contributed by atoms with Crippen LogP contribution in [0.1, 0.15) is 0 Å². The van der Waals surface area contributed by atoms with E-state index in [1.54, 1.807) is 0 Å². The van der Waals surface area contributed by atoms with Gasteiger partial charge in [-0.3, -0.25) is 4.79 Å². The maximum Gasteiger partial charge on any atom is 0.341 e. The van der Waals surface area contributed by atoms with Crippen LogP contribution >= 0.6 is 11.6 Å². The Morgan fingerprint density at radius 2 is 1.86 bits per heavy atom. The SMILES string of the molecule is O=C(O)COc1ccc(=O)n(S(=O)(=O)c2ccc(Cl)cc2)n1. The highest BCUT2D eigenvalue weighted by Crippen LogP contribution is 2.16. The third-order valence-electron chi connectivity index (χ3n) is 2.43. The number of carboxylic acids is 1. The fourth-order valence-electron chi connectivity index (χ4n) is 1.47. The number of hydrogen-bond donors (Lipinski definition) is 1. The van der Waals surface area contributed by atoms with Gasteiger partial charge >= 0.3 is 5.97 Å². The molecule has 2 aromatic rings. The number of ether oxygens (including phenoxy) is 1. The molecule has 0 radical (unpaired) electrons. The minimum atomic E-state index is -4.24. The summed E-state index contributed by atoms with van der Waals surface area (Å²) in [5.41, 5.74) is -0.905. The molecule has 0 bridgehead atoms. The summed E-state index contributed by atoms with van der Waals surface area (Å²) in [7, 11) is -4.24. The number of hydrogen-bond acceptors (Lipinski definition) is 6. The van der Waals surface area contributed by atoms with Crippen molar-refractivity contribution in [1.29, 1.82) is 0 Å². The number of carbonyl (C=O) groups is 1. The average Bonchev–Trinajstić information content (AvgIpc) is 2.46. The second-order valence-electron chi connectivity index (χ2n) is 3.99. The molecule has 0 amide bonds. The molecular formula is C12H9ClN2O6S. The number of aromatic nitrogens is 2. The summed E-state index contributed by atoms with van der Waals surface area (Å²) in [6.07, 6.45) is 0. The van der Waals surface area contributed by atoms with Crippen LogP contribution in [0.5, 0.6) is 5.88 Å². The first-order chi connectivity index (χ1) is 10.3. The van der Waals surface area contributed by atoms with Gasteiger partial charge in [-0.25, -0.2) is 4.79 Å². The quantitative estimate of drug-likeness (QED) is 0.844. The van der Waals surface area contributed by atoms with Crippen LogP contribution in [0.4, 0.5) is 0 Å². The molecule has 10 heteroatoms. The van der Waals surface area contributed by atoms with E-state index in [2.05, 4.69) is 5.10 Å². The van der Waals surface area contributed by atoms with Crippen LogP contribution in [0.15, 0.2) is 46.1 Å². The molecule has 0 atom stereocenters. The van der Waals surface area contributed by atoms with Gasteiger partial charge in [0.05, 0.1) is 4.90 Å². The molecule has 1 aromatic carbocycles. The van der Waals surface area contributed by atoms with Gasteiger partial charge in [0.2, 0.25) is 5.88 Å². The van der Waals surface area contributed by atoms with E-state index in [9.17, 15) is 18.0 Å². The summed E-state index contributed by atoms with van der Waals surface area (Å²) in [6.45, 7) is -0.716. The van der Waals surface area contributed by atoms with Gasteiger partial charge in [-0.1, -0.05) is 11.6 Å². The Labute approximate surface area is 129 Å². The highest BCUT2D eigenvalue weighted by Gasteiger charge is 2.20. The Morgan fingerprint density at radius 3 is 2.45 bits per heavy atom. The smallest absolute Gasteiger partial charge is 0.341 e. The third-order valence-corrected chi connectivity index (χ3v) is 4.27. The van der Waals surface area contributed by atoms with Crippen molar-refractivity contribution < 1.29 is 23.1 Å². The Hall–Kier alpha value is -2.39. The van der Waals surface area contributed by atoms with Crippen molar-refractivity contribution in [3.8, 4) is 5.88 Å². The zero-order valence-corrected chi connectivity index (χ0v) is 12.4. The van der Waals surface area contributed by atoms with E-state index in [4.69, 9.17) is 21.4 Å². The Kier molecular flexibility index (Phi) is 4.48. The van der Waals surface area contributed by atoms with Crippen molar-refractivity contribution in [3.63, 3.8) is 0 Å². The summed E-state index contributed by atoms with van der Waals surface area (Å²) >= 11 is 5.68. The van der Waals surface area contributed by atoms with Gasteiger partial charge in [-0.15, -0.1) is 9.19 Å². The van der Waals surface area contributed by atoms with Crippen LogP contribution in [0.3, 0.4) is 0 Å². The molecule has 0 unspecified atom stereocenters. The van der Waals surface area contributed by atoms with Crippen LogP contribution < -0.4 is 10.3 Å². The van der Waals surface area contributed by atoms with Gasteiger partial charge in [0.15, 0.2) is 6.61 Å². The second-order valence-corrected chi connectivity index (χ2v) is 6.20. The minimum Gasteiger partial charge on any atom is -0.479 e. The summed E-state index contributed by atoms with van der Waals surface area (Å²) < 4.78 is 29.7. The van der Waals surface area contributed by atoms with Crippen molar-refractivity contribution in [1.82, 2.24) is 9.19 Å². The van der Waals surface area contributed by atoms with Gasteiger partial charge in [-0.05, 0) is 24.3 Å². The third kappa shape index (κ3) is 3.43. The lowest BCUT2D eigenvalue weighted by atomic mass is 10.4. The first kappa shape index (κ1) is 16.0. The van der Waals surface area contributed by atoms with E-state index in [1.807, 2.05) is 0 Å². The molecule has 0 aliphatic heterocycles. The van der Waals surface area contributed by atoms with E-state index >= 15 is 0 Å². The second kappa shape index (κ2) is 6.16. The Bertz CT molecular complexity index is 860. The minimum absolute atomic E-state index is 0.193. The van der Waals surface area contributed by atoms with Crippen molar-refractivity contribution >= 4 is 27.6 Å². The standard InChI is InChI=1S/C12H9ClN2O6S/c13-8-1-3-9(4-2-8)22(19,20)15-11(16)6-5-10(14-15)21-7-12(17)18/h1-6H,7H2,(H,17,18). The predicted octanol–water partition coefficient (Wildman–Crippen LogP) is 0.597. The number of aliphatic carboxylic acids is 1. The van der Waals surface area contributed by atoms with Crippen molar-refractivity contribution in [2.45, 2.75) is 4.90 Å². The Morgan fingerprint density at radius 1 is 1.23 bits per heavy atom. The van der Waals surface area contributed by atoms with Crippen molar-refractivity contribution in [2.24, 2.45) is 0 Å². The van der Waals surface area contributed by atoms with Crippen LogP contribution in [-0.4, -0.2) is 35.3 Å². The molecule has 0 saturated carbocycles. The zero-order chi connectivity index (χ0) is 16.3. The molecule has 0 saturated heterocycles. The molecule has 22 heavy (non-hydrogen) atoms. The van der Waals surface area contributed by atoms with E-state index in [0.29, 0.717) is 5.02 Å². The zero-order valence-electron chi connectivity index (χ0n) is 10.8. The first-order valence-electron chi connectivity index (χ1n) is 5.77. The lowest BCUT2D eigenvalue weighted by molar-refractivity contribution is -0.139. The molecule has 1 aromatic heterocycles. The molecule has 1 N–H and O–H groups in total. The molecule has 2 rings (SSSR count). The Balaban J connectivity index is 2.46. The van der Waals surface area contributed by atoms with E-state index in [-0.39, 0.29) is 14.9 Å². The maximum atomic E-state index is 12.3. The van der Waals surface area contributed by atoms with Gasteiger partial charge in [0.25, 0.3) is 15.6 Å². The molecule has 0 spiro atoms. The van der Waals surface area contributed by atoms with Crippen LogP contribution in [-0.2, 0) is 14.8 Å². The molecule has 0 aliphatic carbocycles. The van der Waals surface area contributed by atoms with E-state index in [1.165, 1.54) is 24.3 Å². The summed E-state index contributed by atoms with van der Waals surface area (Å²) in [6, 6.07) is 7.14. The topological polar surface area (TPSA) is 116 Å². The fraction of sp³-hybridized carbons (Fsp3) is 0.0833. The lowest BCUT2D eigenvalue weighted by Gasteiger charge is -2.08. The number of carboxylic acid groups (broad SMARTS) is 1. The fourth-order valence-corrected chi connectivity index (χ4v) is 2.76. The number of benzene rings is 1. The molecule has 1 heterocycles. The largest absolute Gasteiger partial charge is 0.479 e. The normalized spacial score (nSPS) is 11.1. The summed E-state index contributed by atoms with van der Waals surface area (Å²) in [5.74, 6) is -1.57.